The van der Waals surface area contributed by atoms with Crippen molar-refractivity contribution in [3.05, 3.63) is 60.6 Å². The van der Waals surface area contributed by atoms with Crippen LogP contribution in [0.5, 0.6) is 0 Å². The number of amides is 1. The molecule has 1 amide bonds. The number of carbonyl (C=O) groups excluding carboxylic acids is 1. The first-order valence-electron chi connectivity index (χ1n) is 9.78. The minimum Gasteiger partial charge on any atom is -0.352 e. The zero-order valence-corrected chi connectivity index (χ0v) is 18.6. The van der Waals surface area contributed by atoms with E-state index in [4.69, 9.17) is 0 Å². The van der Waals surface area contributed by atoms with E-state index in [1.54, 1.807) is 6.07 Å². The van der Waals surface area contributed by atoms with Crippen molar-refractivity contribution in [2.75, 3.05) is 0 Å². The molecule has 154 valence electrons. The number of benzene rings is 1. The Morgan fingerprint density at radius 1 is 1.14 bits per heavy atom. The van der Waals surface area contributed by atoms with Crippen molar-refractivity contribution in [3.63, 3.8) is 0 Å². The maximum Gasteiger partial charge on any atom is 0.337 e. The molecule has 0 saturated heterocycles. The average Bonchev–Trinajstić information content (AvgIpc) is 2.96. The summed E-state index contributed by atoms with van der Waals surface area (Å²) in [5, 5.41) is 3.40. The van der Waals surface area contributed by atoms with Crippen molar-refractivity contribution in [1.82, 2.24) is 14.5 Å². The van der Waals surface area contributed by atoms with Crippen LogP contribution < -0.4 is 16.6 Å². The van der Waals surface area contributed by atoms with Crippen LogP contribution in [0.15, 0.2) is 27.8 Å². The Hall–Kier alpha value is -2.67. The molecule has 1 N–H and O–H groups in total. The van der Waals surface area contributed by atoms with E-state index in [0.29, 0.717) is 15.9 Å². The summed E-state index contributed by atoms with van der Waals surface area (Å²) in [6, 6.07) is 5.52. The van der Waals surface area contributed by atoms with E-state index < -0.39 is 5.69 Å². The zero-order chi connectivity index (χ0) is 21.5. The largest absolute Gasteiger partial charge is 0.352 e. The number of hydrogen-bond donors (Lipinski definition) is 1. The van der Waals surface area contributed by atoms with Crippen LogP contribution in [0.3, 0.4) is 0 Å². The second kappa shape index (κ2) is 7.99. The lowest BCUT2D eigenvalue weighted by atomic mass is 10.1. The molecule has 2 heterocycles. The molecule has 0 aliphatic heterocycles. The number of nitrogens with one attached hydrogen (secondary N) is 1. The summed E-state index contributed by atoms with van der Waals surface area (Å²) >= 11 is 1.38. The van der Waals surface area contributed by atoms with E-state index in [2.05, 4.69) is 5.32 Å². The average molecular weight is 414 g/mol. The number of nitrogens with zero attached hydrogens (tertiary/aromatic N) is 2. The highest BCUT2D eigenvalue weighted by Crippen LogP contribution is 2.27. The molecule has 6 nitrogen and oxygen atoms in total. The van der Waals surface area contributed by atoms with Gasteiger partial charge in [0.1, 0.15) is 11.4 Å². The number of carbonyl (C=O) groups is 1. The first-order chi connectivity index (χ1) is 13.6. The normalized spacial score (nSPS) is 12.3. The fourth-order valence-corrected chi connectivity index (χ4v) is 4.40. The molecule has 0 bridgehead atoms. The second-order valence-electron chi connectivity index (χ2n) is 7.62. The van der Waals surface area contributed by atoms with Crippen LogP contribution in [0, 0.1) is 27.7 Å². The van der Waals surface area contributed by atoms with Crippen LogP contribution >= 0.6 is 11.3 Å². The first kappa shape index (κ1) is 21.0. The molecule has 0 aliphatic carbocycles. The Bertz CT molecular complexity index is 1220. The highest BCUT2D eigenvalue weighted by molar-refractivity contribution is 7.18. The van der Waals surface area contributed by atoms with Gasteiger partial charge in [0.25, 0.3) is 5.56 Å². The van der Waals surface area contributed by atoms with E-state index in [-0.39, 0.29) is 24.1 Å². The lowest BCUT2D eigenvalue weighted by Gasteiger charge is -2.15. The Morgan fingerprint density at radius 3 is 2.45 bits per heavy atom. The van der Waals surface area contributed by atoms with Crippen LogP contribution in [-0.2, 0) is 11.3 Å². The number of hydrogen-bond acceptors (Lipinski definition) is 4. The van der Waals surface area contributed by atoms with Crippen molar-refractivity contribution in [2.24, 2.45) is 0 Å². The molecule has 0 spiro atoms. The summed E-state index contributed by atoms with van der Waals surface area (Å²) in [4.78, 5) is 40.7. The minimum atomic E-state index is -0.494. The second-order valence-corrected chi connectivity index (χ2v) is 8.82. The smallest absolute Gasteiger partial charge is 0.337 e. The number of thiophene rings is 1. The van der Waals surface area contributed by atoms with Crippen molar-refractivity contribution < 1.29 is 4.79 Å². The van der Waals surface area contributed by atoms with Gasteiger partial charge in [0.05, 0.1) is 11.1 Å². The molecule has 0 unspecified atom stereocenters. The van der Waals surface area contributed by atoms with Crippen molar-refractivity contribution in [1.29, 1.82) is 0 Å². The van der Waals surface area contributed by atoms with Crippen molar-refractivity contribution in [2.45, 2.75) is 60.5 Å². The van der Waals surface area contributed by atoms with Gasteiger partial charge in [0.15, 0.2) is 0 Å². The van der Waals surface area contributed by atoms with Gasteiger partial charge in [-0.2, -0.15) is 0 Å². The van der Waals surface area contributed by atoms with Crippen LogP contribution in [0.1, 0.15) is 41.8 Å². The van der Waals surface area contributed by atoms with Crippen molar-refractivity contribution in [3.8, 4) is 5.69 Å². The summed E-state index contributed by atoms with van der Waals surface area (Å²) in [5.74, 6) is -0.239. The maximum absolute atomic E-state index is 13.4. The molecule has 1 atom stereocenters. The molecule has 3 aromatic rings. The van der Waals surface area contributed by atoms with Gasteiger partial charge >= 0.3 is 5.69 Å². The minimum absolute atomic E-state index is 0.0196. The fraction of sp³-hybridized carbons (Fsp3) is 0.409. The summed E-state index contributed by atoms with van der Waals surface area (Å²) in [6.45, 7) is 11.5. The molecule has 1 aromatic carbocycles. The molecule has 0 aliphatic rings. The number of fused-ring (bicyclic) bond motifs is 1. The zero-order valence-electron chi connectivity index (χ0n) is 17.8. The van der Waals surface area contributed by atoms with Gasteiger partial charge in [0, 0.05) is 10.9 Å². The van der Waals surface area contributed by atoms with E-state index in [9.17, 15) is 14.4 Å². The quantitative estimate of drug-likeness (QED) is 0.697. The molecule has 2 aromatic heterocycles. The molecule has 7 heteroatoms. The SMILES string of the molecule is CC[C@H](C)NC(=O)Cn1c(=O)n(-c2ccc(C)c(C)c2)c(=O)c2c(C)c(C)sc21. The predicted octanol–water partition coefficient (Wildman–Crippen LogP) is 3.36. The Labute approximate surface area is 173 Å². The van der Waals surface area contributed by atoms with E-state index >= 15 is 0 Å². The molecule has 0 fully saturated rings. The Balaban J connectivity index is 2.29. The molecular formula is C22H27N3O3S. The lowest BCUT2D eigenvalue weighted by Crippen LogP contribution is -2.42. The Kier molecular flexibility index (Phi) is 5.80. The highest BCUT2D eigenvalue weighted by atomic mass is 32.1. The monoisotopic (exact) mass is 413 g/mol. The van der Waals surface area contributed by atoms with Crippen molar-refractivity contribution >= 4 is 27.5 Å². The third-order valence-corrected chi connectivity index (χ3v) is 6.75. The Morgan fingerprint density at radius 2 is 1.83 bits per heavy atom. The summed E-state index contributed by atoms with van der Waals surface area (Å²) in [5.41, 5.74) is 2.61. The van der Waals surface area contributed by atoms with Gasteiger partial charge in [-0.05, 0) is 69.9 Å². The highest BCUT2D eigenvalue weighted by Gasteiger charge is 2.21. The number of aryl methyl sites for hydroxylation is 4. The standard InChI is InChI=1S/C22H27N3O3S/c1-7-14(4)23-18(26)11-24-21-19(15(5)16(6)29-21)20(27)25(22(24)28)17-9-8-12(2)13(3)10-17/h8-10,14H,7,11H2,1-6H3,(H,23,26)/t14-/m0/s1. The molecular weight excluding hydrogens is 386 g/mol. The van der Waals surface area contributed by atoms with Crippen LogP contribution in [0.4, 0.5) is 0 Å². The van der Waals surface area contributed by atoms with Gasteiger partial charge in [-0.3, -0.25) is 14.2 Å². The van der Waals surface area contributed by atoms with E-state index in [1.807, 2.05) is 53.7 Å². The van der Waals surface area contributed by atoms with Crippen LogP contribution in [-0.4, -0.2) is 21.1 Å². The maximum atomic E-state index is 13.4. The van der Waals surface area contributed by atoms with Gasteiger partial charge < -0.3 is 5.32 Å². The molecule has 0 saturated carbocycles. The van der Waals surface area contributed by atoms with E-state index in [1.165, 1.54) is 20.5 Å². The molecule has 3 rings (SSSR count). The predicted molar refractivity (Wildman–Crippen MR) is 119 cm³/mol. The number of aromatic nitrogens is 2. The van der Waals surface area contributed by atoms with Gasteiger partial charge in [0.2, 0.25) is 5.91 Å². The van der Waals surface area contributed by atoms with Gasteiger partial charge in [-0.15, -0.1) is 11.3 Å². The van der Waals surface area contributed by atoms with Gasteiger partial charge in [-0.1, -0.05) is 13.0 Å². The van der Waals surface area contributed by atoms with E-state index in [0.717, 1.165) is 28.0 Å². The van der Waals surface area contributed by atoms with Crippen LogP contribution in [0.2, 0.25) is 0 Å². The topological polar surface area (TPSA) is 73.1 Å². The third kappa shape index (κ3) is 3.79. The first-order valence-corrected chi connectivity index (χ1v) is 10.6. The molecule has 0 radical (unpaired) electrons. The summed E-state index contributed by atoms with van der Waals surface area (Å²) in [6.07, 6.45) is 0.801. The van der Waals surface area contributed by atoms with Gasteiger partial charge in [-0.25, -0.2) is 9.36 Å². The third-order valence-electron chi connectivity index (χ3n) is 5.52. The lowest BCUT2D eigenvalue weighted by molar-refractivity contribution is -0.122. The summed E-state index contributed by atoms with van der Waals surface area (Å²) < 4.78 is 2.61. The fourth-order valence-electron chi connectivity index (χ4n) is 3.26. The number of rotatable bonds is 5. The van der Waals surface area contributed by atoms with Crippen LogP contribution in [0.25, 0.3) is 15.9 Å². The molecule has 29 heavy (non-hydrogen) atoms. The summed E-state index contributed by atoms with van der Waals surface area (Å²) in [7, 11) is 0.